The smallest absolute Gasteiger partial charge is 0.164 e. The van der Waals surface area contributed by atoms with Crippen LogP contribution in [-0.4, -0.2) is 34.1 Å². The van der Waals surface area contributed by atoms with Crippen LogP contribution < -0.4 is 0 Å². The molecule has 2 rings (SSSR count). The van der Waals surface area contributed by atoms with Gasteiger partial charge in [-0.3, -0.25) is 0 Å². The zero-order valence-corrected chi connectivity index (χ0v) is 14.8. The second-order valence-corrected chi connectivity index (χ2v) is 9.46. The van der Waals surface area contributed by atoms with Crippen molar-refractivity contribution in [2.45, 2.75) is 69.5 Å². The van der Waals surface area contributed by atoms with Gasteiger partial charge in [-0.05, 0) is 63.0 Å². The Balaban J connectivity index is 1.85. The fraction of sp³-hybridized carbons (Fsp3) is 0.875. The zero-order chi connectivity index (χ0) is 14.8. The molecule has 0 aromatic heterocycles. The molecule has 2 heterocycles. The van der Waals surface area contributed by atoms with Gasteiger partial charge in [0.25, 0.3) is 0 Å². The molecule has 20 heavy (non-hydrogen) atoms. The predicted octanol–water partition coefficient (Wildman–Crippen LogP) is 4.70. The van der Waals surface area contributed by atoms with Crippen LogP contribution in [0.2, 0.25) is 0 Å². The molecule has 2 saturated heterocycles. The van der Waals surface area contributed by atoms with Gasteiger partial charge in [-0.1, -0.05) is 13.5 Å². The Labute approximate surface area is 132 Å². The molecule has 4 heteroatoms. The van der Waals surface area contributed by atoms with Crippen molar-refractivity contribution in [3.8, 4) is 0 Å². The number of rotatable bonds is 5. The second kappa shape index (κ2) is 7.08. The highest BCUT2D eigenvalue weighted by Crippen LogP contribution is 2.39. The largest absolute Gasteiger partial charge is 0.344 e. The summed E-state index contributed by atoms with van der Waals surface area (Å²) < 4.78 is 12.8. The summed E-state index contributed by atoms with van der Waals surface area (Å²) in [5.41, 5.74) is 1.08. The minimum atomic E-state index is -0.470. The average Bonchev–Trinajstić information content (AvgIpc) is 2.65. The van der Waals surface area contributed by atoms with Crippen LogP contribution in [0, 0.1) is 5.92 Å². The SMILES string of the molecule is C=C(C)[C@@H]1OC(C)(C)O[C@H]1C[C@H](C)CC1SCCCS1. The van der Waals surface area contributed by atoms with E-state index in [1.54, 1.807) is 0 Å². The van der Waals surface area contributed by atoms with Crippen LogP contribution in [0.5, 0.6) is 0 Å². The Morgan fingerprint density at radius 1 is 1.25 bits per heavy atom. The Morgan fingerprint density at radius 3 is 2.50 bits per heavy atom. The highest BCUT2D eigenvalue weighted by molar-refractivity contribution is 8.17. The van der Waals surface area contributed by atoms with Crippen LogP contribution in [0.25, 0.3) is 0 Å². The normalized spacial score (nSPS) is 32.2. The Kier molecular flexibility index (Phi) is 5.92. The fourth-order valence-electron chi connectivity index (χ4n) is 2.92. The molecule has 0 aromatic rings. The van der Waals surface area contributed by atoms with Crippen LogP contribution >= 0.6 is 23.5 Å². The second-order valence-electron chi connectivity index (χ2n) is 6.54. The summed E-state index contributed by atoms with van der Waals surface area (Å²) in [7, 11) is 0. The van der Waals surface area contributed by atoms with Gasteiger partial charge in [0.1, 0.15) is 6.10 Å². The molecule has 2 aliphatic rings. The van der Waals surface area contributed by atoms with Crippen LogP contribution in [0.4, 0.5) is 0 Å². The van der Waals surface area contributed by atoms with Gasteiger partial charge < -0.3 is 9.47 Å². The first kappa shape index (κ1) is 16.7. The molecule has 0 amide bonds. The summed E-state index contributed by atoms with van der Waals surface area (Å²) in [4.78, 5) is 0. The Bertz CT molecular complexity index is 337. The summed E-state index contributed by atoms with van der Waals surface area (Å²) >= 11 is 4.26. The Hall–Kier alpha value is 0.360. The molecule has 0 N–H and O–H groups in total. The van der Waals surface area contributed by atoms with Crippen molar-refractivity contribution >= 4 is 23.5 Å². The number of hydrogen-bond acceptors (Lipinski definition) is 4. The lowest BCUT2D eigenvalue weighted by Crippen LogP contribution is -2.26. The third-order valence-corrected chi connectivity index (χ3v) is 6.79. The molecule has 0 aliphatic carbocycles. The van der Waals surface area contributed by atoms with Gasteiger partial charge in [-0.15, -0.1) is 23.5 Å². The molecular formula is C16H28O2S2. The average molecular weight is 317 g/mol. The van der Waals surface area contributed by atoms with Gasteiger partial charge in [0, 0.05) is 0 Å². The van der Waals surface area contributed by atoms with Crippen molar-refractivity contribution in [3.05, 3.63) is 12.2 Å². The lowest BCUT2D eigenvalue weighted by Gasteiger charge is -2.26. The predicted molar refractivity (Wildman–Crippen MR) is 90.4 cm³/mol. The van der Waals surface area contributed by atoms with Crippen molar-refractivity contribution in [1.82, 2.24) is 0 Å². The number of ether oxygens (including phenoxy) is 2. The molecule has 0 radical (unpaired) electrons. The lowest BCUT2D eigenvalue weighted by atomic mass is 9.95. The molecule has 2 fully saturated rings. The highest BCUT2D eigenvalue weighted by atomic mass is 32.2. The van der Waals surface area contributed by atoms with Crippen LogP contribution in [0.3, 0.4) is 0 Å². The molecule has 0 spiro atoms. The van der Waals surface area contributed by atoms with Gasteiger partial charge in [0.2, 0.25) is 0 Å². The van der Waals surface area contributed by atoms with Crippen molar-refractivity contribution in [1.29, 1.82) is 0 Å². The van der Waals surface area contributed by atoms with E-state index in [0.717, 1.165) is 16.6 Å². The van der Waals surface area contributed by atoms with E-state index in [2.05, 4.69) is 37.0 Å². The maximum Gasteiger partial charge on any atom is 0.164 e. The maximum atomic E-state index is 6.09. The summed E-state index contributed by atoms with van der Waals surface area (Å²) in [6, 6.07) is 0. The third kappa shape index (κ3) is 4.69. The molecule has 3 atom stereocenters. The van der Waals surface area contributed by atoms with E-state index in [4.69, 9.17) is 9.47 Å². The van der Waals surface area contributed by atoms with Crippen molar-refractivity contribution in [3.63, 3.8) is 0 Å². The van der Waals surface area contributed by atoms with Crippen LogP contribution in [-0.2, 0) is 9.47 Å². The van der Waals surface area contributed by atoms with Gasteiger partial charge in [-0.2, -0.15) is 0 Å². The molecule has 0 aromatic carbocycles. The molecule has 2 nitrogen and oxygen atoms in total. The molecule has 0 bridgehead atoms. The quantitative estimate of drug-likeness (QED) is 0.684. The summed E-state index contributed by atoms with van der Waals surface area (Å²) in [6.45, 7) is 12.5. The fourth-order valence-corrected chi connectivity index (χ4v) is 6.14. The van der Waals surface area contributed by atoms with E-state index in [9.17, 15) is 0 Å². The van der Waals surface area contributed by atoms with E-state index in [1.165, 1.54) is 24.3 Å². The number of hydrogen-bond donors (Lipinski definition) is 0. The van der Waals surface area contributed by atoms with Gasteiger partial charge >= 0.3 is 0 Å². The van der Waals surface area contributed by atoms with E-state index >= 15 is 0 Å². The molecule has 0 unspecified atom stereocenters. The third-order valence-electron chi connectivity index (χ3n) is 3.80. The van der Waals surface area contributed by atoms with Gasteiger partial charge in [0.05, 0.1) is 10.7 Å². The number of thioether (sulfide) groups is 2. The topological polar surface area (TPSA) is 18.5 Å². The van der Waals surface area contributed by atoms with Gasteiger partial charge in [0.15, 0.2) is 5.79 Å². The highest BCUT2D eigenvalue weighted by Gasteiger charge is 2.42. The standard InChI is InChI=1S/C16H28O2S2/c1-11(2)15-13(17-16(4,5)18-15)9-12(3)10-14-19-7-6-8-20-14/h12-15H,1,6-10H2,2-5H3/t12-,13-,15-/m0/s1. The van der Waals surface area contributed by atoms with Crippen molar-refractivity contribution < 1.29 is 9.47 Å². The maximum absolute atomic E-state index is 6.09. The first-order valence-electron chi connectivity index (χ1n) is 7.61. The monoisotopic (exact) mass is 316 g/mol. The lowest BCUT2D eigenvalue weighted by molar-refractivity contribution is -0.145. The van der Waals surface area contributed by atoms with E-state index in [1.807, 2.05) is 20.8 Å². The minimum Gasteiger partial charge on any atom is -0.344 e. The van der Waals surface area contributed by atoms with E-state index < -0.39 is 5.79 Å². The Morgan fingerprint density at radius 2 is 1.90 bits per heavy atom. The summed E-state index contributed by atoms with van der Waals surface area (Å²) in [5.74, 6) is 2.86. The van der Waals surface area contributed by atoms with Crippen molar-refractivity contribution in [2.24, 2.45) is 5.92 Å². The summed E-state index contributed by atoms with van der Waals surface area (Å²) in [5, 5.41) is 0. The molecule has 0 saturated carbocycles. The zero-order valence-electron chi connectivity index (χ0n) is 13.2. The molecular weight excluding hydrogens is 288 g/mol. The van der Waals surface area contributed by atoms with Crippen LogP contribution in [0.1, 0.15) is 47.0 Å². The van der Waals surface area contributed by atoms with Gasteiger partial charge in [-0.25, -0.2) is 0 Å². The van der Waals surface area contributed by atoms with E-state index in [0.29, 0.717) is 5.92 Å². The van der Waals surface area contributed by atoms with Crippen LogP contribution in [0.15, 0.2) is 12.2 Å². The molecule has 2 aliphatic heterocycles. The van der Waals surface area contributed by atoms with E-state index in [-0.39, 0.29) is 12.2 Å². The first-order valence-corrected chi connectivity index (χ1v) is 9.71. The molecule has 116 valence electrons. The van der Waals surface area contributed by atoms with Crippen molar-refractivity contribution in [2.75, 3.05) is 11.5 Å². The summed E-state index contributed by atoms with van der Waals surface area (Å²) in [6.07, 6.45) is 3.93. The first-order chi connectivity index (χ1) is 9.37. The minimum absolute atomic E-state index is 0.0547.